The molecule has 3 nitrogen and oxygen atoms in total. The van der Waals surface area contributed by atoms with E-state index < -0.39 is 0 Å². The maximum Gasteiger partial charge on any atom is 0.0936 e. The Morgan fingerprint density at radius 2 is 2.50 bits per heavy atom. The molecule has 1 saturated heterocycles. The van der Waals surface area contributed by atoms with Gasteiger partial charge in [-0.15, -0.1) is 0 Å². The fourth-order valence-electron chi connectivity index (χ4n) is 0.853. The van der Waals surface area contributed by atoms with Gasteiger partial charge >= 0.3 is 0 Å². The van der Waals surface area contributed by atoms with Crippen molar-refractivity contribution in [3.63, 3.8) is 0 Å². The van der Waals surface area contributed by atoms with Gasteiger partial charge in [0.1, 0.15) is 0 Å². The zero-order chi connectivity index (χ0) is 7.40. The minimum absolute atomic E-state index is 0.448. The van der Waals surface area contributed by atoms with Crippen LogP contribution in [-0.2, 0) is 4.74 Å². The molecular formula is C7H12N2O. The third kappa shape index (κ3) is 2.81. The number of hydrogen-bond donors (Lipinski definition) is 0. The molecule has 0 aromatic carbocycles. The summed E-state index contributed by atoms with van der Waals surface area (Å²) in [5.41, 5.74) is 0. The minimum Gasteiger partial charge on any atom is -0.372 e. The summed E-state index contributed by atoms with van der Waals surface area (Å²) < 4.78 is 5.03. The molecule has 0 aromatic rings. The molecule has 0 unspecified atom stereocenters. The van der Waals surface area contributed by atoms with E-state index in [4.69, 9.17) is 10.00 Å². The first-order valence-corrected chi connectivity index (χ1v) is 3.50. The van der Waals surface area contributed by atoms with Crippen LogP contribution < -0.4 is 0 Å². The van der Waals surface area contributed by atoms with Gasteiger partial charge in [-0.1, -0.05) is 0 Å². The topological polar surface area (TPSA) is 39.6 Å². The Hall–Kier alpha value is -0.590. The number of hydrogen-bond acceptors (Lipinski definition) is 3. The average molecular weight is 140 g/mol. The minimum atomic E-state index is 0.448. The lowest BCUT2D eigenvalue weighted by molar-refractivity contribution is 0.289. The monoisotopic (exact) mass is 140 g/mol. The van der Waals surface area contributed by atoms with Gasteiger partial charge in [-0.3, -0.25) is 0 Å². The highest BCUT2D eigenvalue weighted by atomic mass is 16.6. The van der Waals surface area contributed by atoms with Gasteiger partial charge in [-0.05, 0) is 7.05 Å². The number of rotatable bonds is 4. The Morgan fingerprint density at radius 3 is 3.00 bits per heavy atom. The second kappa shape index (κ2) is 3.55. The fourth-order valence-corrected chi connectivity index (χ4v) is 0.853. The highest BCUT2D eigenvalue weighted by Crippen LogP contribution is 2.09. The predicted octanol–water partition coefficient (Wildman–Crippen LogP) is 0.231. The van der Waals surface area contributed by atoms with Crippen molar-refractivity contribution in [1.82, 2.24) is 4.90 Å². The molecule has 10 heavy (non-hydrogen) atoms. The van der Waals surface area contributed by atoms with Crippen molar-refractivity contribution in [3.8, 4) is 6.07 Å². The normalized spacial score (nSPS) is 22.7. The maximum atomic E-state index is 8.26. The molecule has 1 atom stereocenters. The van der Waals surface area contributed by atoms with Crippen molar-refractivity contribution in [2.45, 2.75) is 12.5 Å². The Morgan fingerprint density at radius 1 is 1.80 bits per heavy atom. The van der Waals surface area contributed by atoms with Gasteiger partial charge in [0.05, 0.1) is 18.8 Å². The lowest BCUT2D eigenvalue weighted by Crippen LogP contribution is -2.24. The lowest BCUT2D eigenvalue weighted by Gasteiger charge is -2.11. The van der Waals surface area contributed by atoms with Gasteiger partial charge in [0.25, 0.3) is 0 Å². The van der Waals surface area contributed by atoms with Gasteiger partial charge < -0.3 is 9.64 Å². The molecule has 0 aromatic heterocycles. The standard InChI is InChI=1S/C7H12N2O/c1-9(4-2-3-8)5-7-6-10-7/h7H,2,4-6H2,1H3/t7-/m0/s1. The highest BCUT2D eigenvalue weighted by molar-refractivity contribution is 4.76. The summed E-state index contributed by atoms with van der Waals surface area (Å²) in [5.74, 6) is 0. The number of nitrogens with zero attached hydrogens (tertiary/aromatic N) is 2. The van der Waals surface area contributed by atoms with E-state index in [1.165, 1.54) is 0 Å². The predicted molar refractivity (Wildman–Crippen MR) is 37.5 cm³/mol. The zero-order valence-electron chi connectivity index (χ0n) is 6.21. The lowest BCUT2D eigenvalue weighted by atomic mass is 10.4. The van der Waals surface area contributed by atoms with Gasteiger partial charge in [0.15, 0.2) is 0 Å². The van der Waals surface area contributed by atoms with Crippen molar-refractivity contribution >= 4 is 0 Å². The van der Waals surface area contributed by atoms with Crippen LogP contribution in [0.3, 0.4) is 0 Å². The first kappa shape index (κ1) is 7.52. The molecular weight excluding hydrogens is 128 g/mol. The molecule has 1 fully saturated rings. The first-order valence-electron chi connectivity index (χ1n) is 3.50. The van der Waals surface area contributed by atoms with Gasteiger partial charge in [0.2, 0.25) is 0 Å². The van der Waals surface area contributed by atoms with Crippen LogP contribution in [0.1, 0.15) is 6.42 Å². The van der Waals surface area contributed by atoms with Crippen LogP contribution in [0, 0.1) is 11.3 Å². The van der Waals surface area contributed by atoms with E-state index in [0.29, 0.717) is 12.5 Å². The van der Waals surface area contributed by atoms with Crippen LogP contribution in [0.15, 0.2) is 0 Å². The number of likely N-dealkylation sites (N-methyl/N-ethyl adjacent to an activating group) is 1. The largest absolute Gasteiger partial charge is 0.372 e. The van der Waals surface area contributed by atoms with Crippen LogP contribution >= 0.6 is 0 Å². The van der Waals surface area contributed by atoms with E-state index in [-0.39, 0.29) is 0 Å². The van der Waals surface area contributed by atoms with Gasteiger partial charge in [0, 0.05) is 19.5 Å². The molecule has 0 radical (unpaired) electrons. The molecule has 0 saturated carbocycles. The zero-order valence-corrected chi connectivity index (χ0v) is 6.21. The smallest absolute Gasteiger partial charge is 0.0936 e. The highest BCUT2D eigenvalue weighted by Gasteiger charge is 2.23. The Kier molecular flexibility index (Phi) is 2.67. The van der Waals surface area contributed by atoms with E-state index in [0.717, 1.165) is 19.7 Å². The van der Waals surface area contributed by atoms with Crippen LogP contribution in [-0.4, -0.2) is 37.7 Å². The van der Waals surface area contributed by atoms with E-state index in [2.05, 4.69) is 11.0 Å². The molecule has 1 heterocycles. The van der Waals surface area contributed by atoms with Gasteiger partial charge in [-0.25, -0.2) is 0 Å². The second-order valence-corrected chi connectivity index (χ2v) is 2.63. The van der Waals surface area contributed by atoms with Crippen LogP contribution in [0.25, 0.3) is 0 Å². The van der Waals surface area contributed by atoms with E-state index in [1.807, 2.05) is 7.05 Å². The van der Waals surface area contributed by atoms with Crippen LogP contribution in [0.4, 0.5) is 0 Å². The Bertz CT molecular complexity index is 137. The van der Waals surface area contributed by atoms with E-state index in [9.17, 15) is 0 Å². The fraction of sp³-hybridized carbons (Fsp3) is 0.857. The van der Waals surface area contributed by atoms with Crippen LogP contribution in [0.2, 0.25) is 0 Å². The SMILES string of the molecule is CN(CCC#N)C[C@H]1CO1. The summed E-state index contributed by atoms with van der Waals surface area (Å²) in [4.78, 5) is 2.13. The van der Waals surface area contributed by atoms with Crippen molar-refractivity contribution in [3.05, 3.63) is 0 Å². The second-order valence-electron chi connectivity index (χ2n) is 2.63. The molecule has 0 bridgehead atoms. The third-order valence-electron chi connectivity index (χ3n) is 1.52. The first-order chi connectivity index (χ1) is 4.83. The molecule has 1 aliphatic heterocycles. The van der Waals surface area contributed by atoms with E-state index >= 15 is 0 Å². The summed E-state index contributed by atoms with van der Waals surface area (Å²) in [7, 11) is 2.01. The van der Waals surface area contributed by atoms with Crippen molar-refractivity contribution < 1.29 is 4.74 Å². The number of ether oxygens (including phenoxy) is 1. The van der Waals surface area contributed by atoms with Crippen molar-refractivity contribution in [2.24, 2.45) is 0 Å². The Balaban J connectivity index is 1.97. The van der Waals surface area contributed by atoms with Gasteiger partial charge in [-0.2, -0.15) is 5.26 Å². The summed E-state index contributed by atoms with van der Waals surface area (Å²) in [6.07, 6.45) is 1.06. The quantitative estimate of drug-likeness (QED) is 0.525. The van der Waals surface area contributed by atoms with Crippen molar-refractivity contribution in [1.29, 1.82) is 5.26 Å². The molecule has 1 rings (SSSR count). The molecule has 1 aliphatic rings. The molecule has 0 spiro atoms. The summed E-state index contributed by atoms with van der Waals surface area (Å²) in [6, 6.07) is 2.11. The molecule has 0 N–H and O–H groups in total. The third-order valence-corrected chi connectivity index (χ3v) is 1.52. The van der Waals surface area contributed by atoms with Crippen molar-refractivity contribution in [2.75, 3.05) is 26.7 Å². The molecule has 56 valence electrons. The summed E-state index contributed by atoms with van der Waals surface area (Å²) >= 11 is 0. The maximum absolute atomic E-state index is 8.26. The number of epoxide rings is 1. The van der Waals surface area contributed by atoms with E-state index in [1.54, 1.807) is 0 Å². The molecule has 0 aliphatic carbocycles. The Labute approximate surface area is 61.2 Å². The van der Waals surface area contributed by atoms with Crippen LogP contribution in [0.5, 0.6) is 0 Å². The summed E-state index contributed by atoms with van der Waals surface area (Å²) in [5, 5.41) is 8.26. The molecule has 0 amide bonds. The number of nitriles is 1. The molecule has 3 heteroatoms. The average Bonchev–Trinajstić information content (AvgIpc) is 2.67. The summed E-state index contributed by atoms with van der Waals surface area (Å²) in [6.45, 7) is 2.73.